The second kappa shape index (κ2) is 6.42. The number of ether oxygens (including phenoxy) is 1. The average molecular weight is 238 g/mol. The minimum absolute atomic E-state index is 0.113. The van der Waals surface area contributed by atoms with Gasteiger partial charge in [-0.3, -0.25) is 0 Å². The largest absolute Gasteiger partial charge is 0.496 e. The van der Waals surface area contributed by atoms with Crippen LogP contribution in [0.2, 0.25) is 5.02 Å². The van der Waals surface area contributed by atoms with Crippen molar-refractivity contribution in [3.05, 3.63) is 28.8 Å². The standard InChI is InChI=1S/C13H16ClNO/c1-4-6-12(15-5-2)11-8-7-10(14)9-13(11)16-3/h1,7-9,12,15H,5-6H2,2-3H3. The maximum absolute atomic E-state index is 5.91. The summed E-state index contributed by atoms with van der Waals surface area (Å²) in [6, 6.07) is 5.71. The fourth-order valence-corrected chi connectivity index (χ4v) is 1.79. The highest BCUT2D eigenvalue weighted by molar-refractivity contribution is 6.30. The molecule has 0 bridgehead atoms. The summed E-state index contributed by atoms with van der Waals surface area (Å²) < 4.78 is 5.31. The van der Waals surface area contributed by atoms with Crippen molar-refractivity contribution in [2.24, 2.45) is 0 Å². The Balaban J connectivity index is 3.03. The third-order valence-corrected chi connectivity index (χ3v) is 2.58. The van der Waals surface area contributed by atoms with Gasteiger partial charge in [0, 0.05) is 23.0 Å². The zero-order valence-electron chi connectivity index (χ0n) is 9.59. The maximum Gasteiger partial charge on any atom is 0.125 e. The summed E-state index contributed by atoms with van der Waals surface area (Å²) in [4.78, 5) is 0. The van der Waals surface area contributed by atoms with Gasteiger partial charge in [-0.05, 0) is 18.7 Å². The van der Waals surface area contributed by atoms with Crippen LogP contribution in [0, 0.1) is 12.3 Å². The molecular formula is C13H16ClNO. The molecule has 0 radical (unpaired) electrons. The number of benzene rings is 1. The molecule has 2 nitrogen and oxygen atoms in total. The van der Waals surface area contributed by atoms with Crippen molar-refractivity contribution >= 4 is 11.6 Å². The van der Waals surface area contributed by atoms with Gasteiger partial charge in [0.15, 0.2) is 0 Å². The average Bonchev–Trinajstić information content (AvgIpc) is 2.28. The highest BCUT2D eigenvalue weighted by atomic mass is 35.5. The van der Waals surface area contributed by atoms with Gasteiger partial charge in [-0.1, -0.05) is 24.6 Å². The number of halogens is 1. The smallest absolute Gasteiger partial charge is 0.125 e. The first kappa shape index (κ1) is 12.9. The van der Waals surface area contributed by atoms with Crippen molar-refractivity contribution < 1.29 is 4.74 Å². The van der Waals surface area contributed by atoms with Crippen molar-refractivity contribution in [1.82, 2.24) is 5.32 Å². The minimum Gasteiger partial charge on any atom is -0.496 e. The van der Waals surface area contributed by atoms with Gasteiger partial charge in [-0.15, -0.1) is 12.3 Å². The van der Waals surface area contributed by atoms with Crippen LogP contribution in [0.25, 0.3) is 0 Å². The van der Waals surface area contributed by atoms with E-state index in [1.54, 1.807) is 13.2 Å². The zero-order valence-corrected chi connectivity index (χ0v) is 10.3. The van der Waals surface area contributed by atoms with Crippen LogP contribution in [0.1, 0.15) is 24.9 Å². The molecule has 0 spiro atoms. The Morgan fingerprint density at radius 1 is 1.56 bits per heavy atom. The van der Waals surface area contributed by atoms with E-state index in [0.717, 1.165) is 17.9 Å². The van der Waals surface area contributed by atoms with Gasteiger partial charge in [0.05, 0.1) is 7.11 Å². The predicted molar refractivity (Wildman–Crippen MR) is 67.9 cm³/mol. The second-order valence-corrected chi connectivity index (χ2v) is 3.84. The zero-order chi connectivity index (χ0) is 12.0. The first-order chi connectivity index (χ1) is 7.72. The highest BCUT2D eigenvalue weighted by Gasteiger charge is 2.14. The van der Waals surface area contributed by atoms with Gasteiger partial charge in [0.2, 0.25) is 0 Å². The third kappa shape index (κ3) is 3.16. The monoisotopic (exact) mass is 237 g/mol. The van der Waals surface area contributed by atoms with E-state index in [1.807, 2.05) is 19.1 Å². The van der Waals surface area contributed by atoms with Crippen molar-refractivity contribution in [2.75, 3.05) is 13.7 Å². The molecule has 0 saturated carbocycles. The third-order valence-electron chi connectivity index (χ3n) is 2.34. The molecule has 3 heteroatoms. The molecule has 0 aliphatic heterocycles. The fraction of sp³-hybridized carbons (Fsp3) is 0.385. The van der Waals surface area contributed by atoms with Gasteiger partial charge >= 0.3 is 0 Å². The number of hydrogen-bond donors (Lipinski definition) is 1. The van der Waals surface area contributed by atoms with Crippen LogP contribution in [-0.4, -0.2) is 13.7 Å². The van der Waals surface area contributed by atoms with Gasteiger partial charge in [0.25, 0.3) is 0 Å². The number of methoxy groups -OCH3 is 1. The summed E-state index contributed by atoms with van der Waals surface area (Å²) in [5, 5.41) is 3.99. The van der Waals surface area contributed by atoms with E-state index >= 15 is 0 Å². The van der Waals surface area contributed by atoms with Crippen molar-refractivity contribution in [1.29, 1.82) is 0 Å². The summed E-state index contributed by atoms with van der Waals surface area (Å²) in [5.41, 5.74) is 1.05. The number of nitrogens with one attached hydrogen (secondary N) is 1. The van der Waals surface area contributed by atoms with Crippen LogP contribution >= 0.6 is 11.6 Å². The molecule has 0 aromatic heterocycles. The van der Waals surface area contributed by atoms with E-state index in [0.29, 0.717) is 11.4 Å². The SMILES string of the molecule is C#CCC(NCC)c1ccc(Cl)cc1OC. The normalized spacial score (nSPS) is 11.9. The Morgan fingerprint density at radius 3 is 2.88 bits per heavy atom. The van der Waals surface area contributed by atoms with E-state index in [4.69, 9.17) is 22.8 Å². The Labute approximate surface area is 102 Å². The summed E-state index contributed by atoms with van der Waals surface area (Å²) in [5.74, 6) is 3.44. The molecular weight excluding hydrogens is 222 g/mol. The summed E-state index contributed by atoms with van der Waals surface area (Å²) in [7, 11) is 1.63. The van der Waals surface area contributed by atoms with Crippen LogP contribution in [0.3, 0.4) is 0 Å². The highest BCUT2D eigenvalue weighted by Crippen LogP contribution is 2.29. The quantitative estimate of drug-likeness (QED) is 0.795. The van der Waals surface area contributed by atoms with Crippen LogP contribution in [0.4, 0.5) is 0 Å². The van der Waals surface area contributed by atoms with Crippen molar-refractivity contribution in [2.45, 2.75) is 19.4 Å². The number of terminal acetylenes is 1. The van der Waals surface area contributed by atoms with Gasteiger partial charge in [-0.2, -0.15) is 0 Å². The molecule has 1 aromatic carbocycles. The van der Waals surface area contributed by atoms with Crippen molar-refractivity contribution in [3.63, 3.8) is 0 Å². The first-order valence-electron chi connectivity index (χ1n) is 5.23. The topological polar surface area (TPSA) is 21.3 Å². The Bertz CT molecular complexity index is 384. The molecule has 1 rings (SSSR count). The molecule has 1 N–H and O–H groups in total. The lowest BCUT2D eigenvalue weighted by Gasteiger charge is -2.18. The summed E-state index contributed by atoms with van der Waals surface area (Å²) in [6.07, 6.45) is 5.99. The first-order valence-corrected chi connectivity index (χ1v) is 5.61. The maximum atomic E-state index is 5.91. The summed E-state index contributed by atoms with van der Waals surface area (Å²) >= 11 is 5.91. The molecule has 0 heterocycles. The predicted octanol–water partition coefficient (Wildman–Crippen LogP) is 3.02. The van der Waals surface area contributed by atoms with Crippen LogP contribution < -0.4 is 10.1 Å². The van der Waals surface area contributed by atoms with Gasteiger partial charge in [-0.25, -0.2) is 0 Å². The van der Waals surface area contributed by atoms with E-state index in [1.165, 1.54) is 0 Å². The van der Waals surface area contributed by atoms with Crippen LogP contribution in [0.15, 0.2) is 18.2 Å². The second-order valence-electron chi connectivity index (χ2n) is 3.40. The van der Waals surface area contributed by atoms with E-state index < -0.39 is 0 Å². The Hall–Kier alpha value is -1.17. The molecule has 0 amide bonds. The Morgan fingerprint density at radius 2 is 2.31 bits per heavy atom. The molecule has 16 heavy (non-hydrogen) atoms. The molecule has 1 atom stereocenters. The lowest BCUT2D eigenvalue weighted by atomic mass is 10.0. The lowest BCUT2D eigenvalue weighted by Crippen LogP contribution is -2.21. The van der Waals surface area contributed by atoms with E-state index in [9.17, 15) is 0 Å². The van der Waals surface area contributed by atoms with Crippen LogP contribution in [-0.2, 0) is 0 Å². The van der Waals surface area contributed by atoms with Crippen LogP contribution in [0.5, 0.6) is 5.75 Å². The molecule has 0 fully saturated rings. The lowest BCUT2D eigenvalue weighted by molar-refractivity contribution is 0.400. The molecule has 86 valence electrons. The van der Waals surface area contributed by atoms with Gasteiger partial charge in [0.1, 0.15) is 5.75 Å². The van der Waals surface area contributed by atoms with Crippen molar-refractivity contribution in [3.8, 4) is 18.1 Å². The fourth-order valence-electron chi connectivity index (χ4n) is 1.63. The minimum atomic E-state index is 0.113. The van der Waals surface area contributed by atoms with Gasteiger partial charge < -0.3 is 10.1 Å². The molecule has 1 aromatic rings. The number of rotatable bonds is 5. The number of hydrogen-bond acceptors (Lipinski definition) is 2. The van der Waals surface area contributed by atoms with E-state index in [-0.39, 0.29) is 6.04 Å². The molecule has 0 aliphatic carbocycles. The molecule has 0 aliphatic rings. The Kier molecular flexibility index (Phi) is 5.18. The molecule has 1 unspecified atom stereocenters. The van der Waals surface area contributed by atoms with E-state index in [2.05, 4.69) is 11.2 Å². The summed E-state index contributed by atoms with van der Waals surface area (Å²) in [6.45, 7) is 2.91. The molecule has 0 saturated heterocycles.